The Labute approximate surface area is 163 Å². The van der Waals surface area contributed by atoms with Gasteiger partial charge in [-0.05, 0) is 66.6 Å². The molecule has 0 unspecified atom stereocenters. The topological polar surface area (TPSA) is 72.0 Å². The molecular weight excluding hydrogens is 356 g/mol. The third-order valence-corrected chi connectivity index (χ3v) is 5.83. The highest BCUT2D eigenvalue weighted by atomic mass is 32.1. The summed E-state index contributed by atoms with van der Waals surface area (Å²) >= 11 is 5.54. The molecule has 1 aromatic heterocycles. The second-order valence-electron chi connectivity index (χ2n) is 7.13. The molecule has 27 heavy (non-hydrogen) atoms. The predicted octanol–water partition coefficient (Wildman–Crippen LogP) is 5.73. The van der Waals surface area contributed by atoms with Crippen LogP contribution in [0.3, 0.4) is 0 Å². The van der Waals surface area contributed by atoms with E-state index in [1.165, 1.54) is 28.3 Å². The zero-order valence-corrected chi connectivity index (χ0v) is 16.4. The fourth-order valence-corrected chi connectivity index (χ4v) is 4.10. The summed E-state index contributed by atoms with van der Waals surface area (Å²) in [5, 5.41) is 26.6. The van der Waals surface area contributed by atoms with Crippen LogP contribution in [0.15, 0.2) is 35.9 Å². The van der Waals surface area contributed by atoms with E-state index in [2.05, 4.69) is 42.2 Å². The molecule has 5 heteroatoms. The number of allylic oxidation sites excluding steroid dienone is 2. The van der Waals surface area contributed by atoms with E-state index < -0.39 is 0 Å². The average molecular weight is 378 g/mol. The second kappa shape index (κ2) is 6.43. The van der Waals surface area contributed by atoms with Crippen molar-refractivity contribution in [3.63, 3.8) is 0 Å². The van der Waals surface area contributed by atoms with Crippen LogP contribution in [-0.4, -0.2) is 20.4 Å². The first-order chi connectivity index (χ1) is 12.9. The van der Waals surface area contributed by atoms with E-state index in [9.17, 15) is 10.2 Å². The van der Waals surface area contributed by atoms with Crippen LogP contribution in [-0.2, 0) is 12.8 Å². The number of benzene rings is 2. The summed E-state index contributed by atoms with van der Waals surface area (Å²) in [6, 6.07) is 9.62. The fraction of sp³-hybridized carbons (Fsp3) is 0.227. The highest BCUT2D eigenvalue weighted by molar-refractivity contribution is 7.71. The number of fused-ring (bicyclic) bond motifs is 1. The molecule has 3 aromatic rings. The number of aromatic amines is 2. The van der Waals surface area contributed by atoms with Gasteiger partial charge in [0.1, 0.15) is 16.1 Å². The normalized spacial score (nSPS) is 13.3. The number of aryl methyl sites for hydroxylation is 1. The first-order valence-electron chi connectivity index (χ1n) is 9.06. The molecule has 0 fully saturated rings. The van der Waals surface area contributed by atoms with Crippen molar-refractivity contribution in [2.45, 2.75) is 33.6 Å². The Morgan fingerprint density at radius 2 is 1.78 bits per heavy atom. The van der Waals surface area contributed by atoms with Gasteiger partial charge < -0.3 is 10.2 Å². The molecule has 0 bridgehead atoms. The Morgan fingerprint density at radius 1 is 1.00 bits per heavy atom. The van der Waals surface area contributed by atoms with Gasteiger partial charge in [0.25, 0.3) is 0 Å². The Kier molecular flexibility index (Phi) is 4.19. The summed E-state index contributed by atoms with van der Waals surface area (Å²) in [4.78, 5) is 0. The summed E-state index contributed by atoms with van der Waals surface area (Å²) in [7, 11) is 0. The van der Waals surface area contributed by atoms with Crippen LogP contribution < -0.4 is 0 Å². The zero-order chi connectivity index (χ0) is 19.3. The zero-order valence-electron chi connectivity index (χ0n) is 15.6. The lowest BCUT2D eigenvalue weighted by Gasteiger charge is -2.11. The van der Waals surface area contributed by atoms with E-state index >= 15 is 0 Å². The van der Waals surface area contributed by atoms with Gasteiger partial charge >= 0.3 is 0 Å². The second-order valence-corrected chi connectivity index (χ2v) is 7.54. The van der Waals surface area contributed by atoms with Crippen LogP contribution in [0.1, 0.15) is 37.5 Å². The molecular formula is C22H22N2O2S. The van der Waals surface area contributed by atoms with Gasteiger partial charge in [0, 0.05) is 17.2 Å². The number of nitrogens with one attached hydrogen (secondary N) is 2. The Hall–Kier alpha value is -2.79. The van der Waals surface area contributed by atoms with Crippen LogP contribution in [0.5, 0.6) is 11.5 Å². The smallest absolute Gasteiger partial charge is 0.128 e. The summed E-state index contributed by atoms with van der Waals surface area (Å²) in [6.07, 6.45) is 1.66. The van der Waals surface area contributed by atoms with E-state index in [1.807, 2.05) is 13.0 Å². The number of rotatable bonds is 3. The molecule has 0 saturated carbocycles. The summed E-state index contributed by atoms with van der Waals surface area (Å²) in [5.41, 5.74) is 9.29. The quantitative estimate of drug-likeness (QED) is 0.440. The lowest BCUT2D eigenvalue weighted by molar-refractivity contribution is 0.447. The summed E-state index contributed by atoms with van der Waals surface area (Å²) < 4.78 is 0.590. The number of phenolic OH excluding ortho intramolecular Hbond substituents is 2. The SMILES string of the molecule is CCc1cc(-c2[nH][nH]c(=S)c2-c2ccc3c(c2)C(C)=C(C)C3)c(O)cc1O. The van der Waals surface area contributed by atoms with Gasteiger partial charge in [-0.25, -0.2) is 0 Å². The van der Waals surface area contributed by atoms with Crippen LogP contribution in [0.25, 0.3) is 28.0 Å². The predicted molar refractivity (Wildman–Crippen MR) is 112 cm³/mol. The van der Waals surface area contributed by atoms with E-state index in [4.69, 9.17) is 12.2 Å². The van der Waals surface area contributed by atoms with Crippen molar-refractivity contribution < 1.29 is 10.2 Å². The minimum Gasteiger partial charge on any atom is -0.508 e. The lowest BCUT2D eigenvalue weighted by Crippen LogP contribution is -1.90. The third kappa shape index (κ3) is 2.79. The molecule has 1 heterocycles. The highest BCUT2D eigenvalue weighted by Gasteiger charge is 2.20. The average Bonchev–Trinajstić information content (AvgIpc) is 3.15. The molecule has 138 valence electrons. The molecule has 0 saturated heterocycles. The first kappa shape index (κ1) is 17.6. The van der Waals surface area contributed by atoms with Gasteiger partial charge in [-0.3, -0.25) is 10.2 Å². The van der Waals surface area contributed by atoms with E-state index in [0.717, 1.165) is 28.8 Å². The van der Waals surface area contributed by atoms with Gasteiger partial charge in [0.2, 0.25) is 0 Å². The number of aromatic nitrogens is 2. The Balaban J connectivity index is 1.92. The molecule has 1 aliphatic rings. The van der Waals surface area contributed by atoms with Crippen LogP contribution in [0.4, 0.5) is 0 Å². The van der Waals surface area contributed by atoms with Gasteiger partial charge in [-0.15, -0.1) is 0 Å². The maximum Gasteiger partial charge on any atom is 0.128 e. The standard InChI is InChI=1S/C22H22N2O2S/c1-4-13-8-17(19(26)10-18(13)25)21-20(22(27)24-23-21)15-6-5-14-7-11(2)12(3)16(14)9-15/h5-6,8-10,25-26H,4,7H2,1-3H3,(H2,23,24,27). The highest BCUT2D eigenvalue weighted by Crippen LogP contribution is 2.41. The number of aromatic hydroxyl groups is 2. The molecule has 4 N–H and O–H groups in total. The van der Waals surface area contributed by atoms with Crippen molar-refractivity contribution in [2.24, 2.45) is 0 Å². The molecule has 1 aliphatic carbocycles. The lowest BCUT2D eigenvalue weighted by atomic mass is 9.95. The monoisotopic (exact) mass is 378 g/mol. The number of phenols is 2. The molecule has 4 nitrogen and oxygen atoms in total. The van der Waals surface area contributed by atoms with Crippen molar-refractivity contribution in [3.8, 4) is 33.9 Å². The van der Waals surface area contributed by atoms with Gasteiger partial charge in [-0.2, -0.15) is 0 Å². The van der Waals surface area contributed by atoms with Crippen LogP contribution in [0.2, 0.25) is 0 Å². The minimum absolute atomic E-state index is 0.0179. The molecule has 4 rings (SSSR count). The summed E-state index contributed by atoms with van der Waals surface area (Å²) in [6.45, 7) is 6.29. The minimum atomic E-state index is 0.0179. The van der Waals surface area contributed by atoms with Crippen molar-refractivity contribution in [3.05, 3.63) is 57.2 Å². The van der Waals surface area contributed by atoms with Gasteiger partial charge in [0.15, 0.2) is 0 Å². The molecule has 0 atom stereocenters. The van der Waals surface area contributed by atoms with E-state index in [-0.39, 0.29) is 11.5 Å². The Morgan fingerprint density at radius 3 is 2.52 bits per heavy atom. The fourth-order valence-electron chi connectivity index (χ4n) is 3.82. The van der Waals surface area contributed by atoms with Crippen molar-refractivity contribution >= 4 is 17.8 Å². The molecule has 0 spiro atoms. The number of hydrogen-bond acceptors (Lipinski definition) is 3. The van der Waals surface area contributed by atoms with Crippen molar-refractivity contribution in [1.29, 1.82) is 0 Å². The van der Waals surface area contributed by atoms with Gasteiger partial charge in [0.05, 0.1) is 5.69 Å². The largest absolute Gasteiger partial charge is 0.508 e. The first-order valence-corrected chi connectivity index (χ1v) is 9.47. The third-order valence-electron chi connectivity index (χ3n) is 5.52. The number of H-pyrrole nitrogens is 2. The van der Waals surface area contributed by atoms with E-state index in [1.54, 1.807) is 0 Å². The molecule has 0 amide bonds. The van der Waals surface area contributed by atoms with Crippen LogP contribution >= 0.6 is 12.2 Å². The molecule has 0 aliphatic heterocycles. The Bertz CT molecular complexity index is 1150. The van der Waals surface area contributed by atoms with Crippen molar-refractivity contribution in [1.82, 2.24) is 10.2 Å². The van der Waals surface area contributed by atoms with Crippen molar-refractivity contribution in [2.75, 3.05) is 0 Å². The van der Waals surface area contributed by atoms with Gasteiger partial charge in [-0.1, -0.05) is 36.8 Å². The maximum atomic E-state index is 10.4. The van der Waals surface area contributed by atoms with Crippen LogP contribution in [0, 0.1) is 4.64 Å². The summed E-state index contributed by atoms with van der Waals surface area (Å²) in [5.74, 6) is 0.118. The van der Waals surface area contributed by atoms with E-state index in [0.29, 0.717) is 16.6 Å². The number of hydrogen-bond donors (Lipinski definition) is 4. The maximum absolute atomic E-state index is 10.4. The molecule has 2 aromatic carbocycles. The molecule has 0 radical (unpaired) electrons.